The van der Waals surface area contributed by atoms with Gasteiger partial charge in [-0.05, 0) is 24.1 Å². The van der Waals surface area contributed by atoms with Gasteiger partial charge in [-0.2, -0.15) is 5.10 Å². The molecular weight excluding hydrogens is 334 g/mol. The van der Waals surface area contributed by atoms with Crippen LogP contribution in [0.25, 0.3) is 0 Å². The Balaban J connectivity index is 1.93. The van der Waals surface area contributed by atoms with Crippen LogP contribution in [-0.4, -0.2) is 34.4 Å². The number of hydrogen-bond donors (Lipinski definition) is 0. The molecule has 0 spiro atoms. The first-order valence-electron chi connectivity index (χ1n) is 7.94. The van der Waals surface area contributed by atoms with Crippen molar-refractivity contribution in [3.63, 3.8) is 0 Å². The fourth-order valence-electron chi connectivity index (χ4n) is 3.09. The van der Waals surface area contributed by atoms with Crippen molar-refractivity contribution in [2.45, 2.75) is 19.4 Å². The third-order valence-corrected chi connectivity index (χ3v) is 4.26. The molecule has 1 aromatic carbocycles. The number of benzene rings is 1. The van der Waals surface area contributed by atoms with E-state index < -0.39 is 22.7 Å². The third-order valence-electron chi connectivity index (χ3n) is 4.26. The molecule has 9 heteroatoms. The molecule has 2 heterocycles. The molecule has 1 atom stereocenters. The van der Waals surface area contributed by atoms with Crippen molar-refractivity contribution in [3.8, 4) is 0 Å². The van der Waals surface area contributed by atoms with Gasteiger partial charge in [0.2, 0.25) is 5.82 Å². The average Bonchev–Trinajstić information content (AvgIpc) is 2.94. The quantitative estimate of drug-likeness (QED) is 0.625. The van der Waals surface area contributed by atoms with Crippen LogP contribution in [0.3, 0.4) is 0 Å². The highest BCUT2D eigenvalue weighted by Crippen LogP contribution is 2.35. The fourth-order valence-corrected chi connectivity index (χ4v) is 3.09. The third kappa shape index (κ3) is 3.19. The molecule has 2 aromatic rings. The Kier molecular flexibility index (Phi) is 4.67. The van der Waals surface area contributed by atoms with Gasteiger partial charge in [0, 0.05) is 13.6 Å². The van der Waals surface area contributed by atoms with E-state index in [1.807, 2.05) is 6.92 Å². The Morgan fingerprint density at radius 1 is 1.40 bits per heavy atom. The summed E-state index contributed by atoms with van der Waals surface area (Å²) in [6.07, 6.45) is -0.0652. The second-order valence-electron chi connectivity index (χ2n) is 5.83. The summed E-state index contributed by atoms with van der Waals surface area (Å²) in [5.74, 6) is -1.47. The highest BCUT2D eigenvalue weighted by molar-refractivity contribution is 5.62. The number of hydrogen-bond acceptors (Lipinski definition) is 5. The maximum atomic E-state index is 13.5. The number of rotatable bonds is 4. The maximum Gasteiger partial charge on any atom is 0.334 e. The Bertz CT molecular complexity index is 809. The van der Waals surface area contributed by atoms with Gasteiger partial charge in [-0.1, -0.05) is 13.0 Å². The van der Waals surface area contributed by atoms with Gasteiger partial charge in [0.25, 0.3) is 0 Å². The summed E-state index contributed by atoms with van der Waals surface area (Å²) in [4.78, 5) is 12.9. The van der Waals surface area contributed by atoms with Crippen LogP contribution < -0.4 is 4.90 Å². The van der Waals surface area contributed by atoms with E-state index in [2.05, 4.69) is 5.10 Å². The molecule has 25 heavy (non-hydrogen) atoms. The second-order valence-corrected chi connectivity index (χ2v) is 5.83. The Morgan fingerprint density at radius 3 is 2.80 bits per heavy atom. The lowest BCUT2D eigenvalue weighted by Crippen LogP contribution is -2.39. The SMILES string of the molecule is CCc1nn(C)c(N2CCOC(c3ccc(F)c(F)c3)C2)c1[N+](=O)[O-]. The predicted molar refractivity (Wildman–Crippen MR) is 86.5 cm³/mol. The number of aryl methyl sites for hydroxylation is 2. The number of nitro groups is 1. The largest absolute Gasteiger partial charge is 0.370 e. The zero-order valence-corrected chi connectivity index (χ0v) is 13.9. The topological polar surface area (TPSA) is 73.4 Å². The van der Waals surface area contributed by atoms with E-state index in [0.29, 0.717) is 36.6 Å². The molecule has 0 radical (unpaired) electrons. The van der Waals surface area contributed by atoms with Crippen LogP contribution in [0.4, 0.5) is 20.3 Å². The molecule has 0 aliphatic carbocycles. The van der Waals surface area contributed by atoms with Crippen molar-refractivity contribution in [3.05, 3.63) is 51.2 Å². The maximum absolute atomic E-state index is 13.5. The number of halogens is 2. The van der Waals surface area contributed by atoms with Gasteiger partial charge >= 0.3 is 5.69 Å². The molecule has 1 fully saturated rings. The second kappa shape index (κ2) is 6.75. The van der Waals surface area contributed by atoms with Crippen molar-refractivity contribution in [1.29, 1.82) is 0 Å². The van der Waals surface area contributed by atoms with Crippen molar-refractivity contribution in [2.24, 2.45) is 7.05 Å². The number of ether oxygens (including phenoxy) is 1. The van der Waals surface area contributed by atoms with Gasteiger partial charge in [0.1, 0.15) is 11.8 Å². The van der Waals surface area contributed by atoms with E-state index in [9.17, 15) is 18.9 Å². The van der Waals surface area contributed by atoms with Crippen molar-refractivity contribution in [2.75, 3.05) is 24.6 Å². The summed E-state index contributed by atoms with van der Waals surface area (Å²) in [5, 5.41) is 15.7. The number of anilines is 1. The van der Waals surface area contributed by atoms with Crippen LogP contribution in [0.1, 0.15) is 24.3 Å². The Hall–Kier alpha value is -2.55. The highest BCUT2D eigenvalue weighted by atomic mass is 19.2. The fraction of sp³-hybridized carbons (Fsp3) is 0.438. The summed E-state index contributed by atoms with van der Waals surface area (Å²) in [7, 11) is 1.66. The smallest absolute Gasteiger partial charge is 0.334 e. The molecule has 0 saturated carbocycles. The Morgan fingerprint density at radius 2 is 2.16 bits per heavy atom. The zero-order chi connectivity index (χ0) is 18.1. The summed E-state index contributed by atoms with van der Waals surface area (Å²) < 4.78 is 33.8. The Labute approximate surface area is 143 Å². The van der Waals surface area contributed by atoms with E-state index in [1.54, 1.807) is 11.9 Å². The molecule has 1 aliphatic rings. The molecule has 3 rings (SSSR count). The zero-order valence-electron chi connectivity index (χ0n) is 13.9. The lowest BCUT2D eigenvalue weighted by atomic mass is 10.1. The molecular formula is C16H18F2N4O3. The molecule has 0 bridgehead atoms. The minimum atomic E-state index is -0.946. The summed E-state index contributed by atoms with van der Waals surface area (Å²) >= 11 is 0. The predicted octanol–water partition coefficient (Wildman–Crippen LogP) is 2.75. The number of aromatic nitrogens is 2. The average molecular weight is 352 g/mol. The van der Waals surface area contributed by atoms with Crippen LogP contribution in [-0.2, 0) is 18.2 Å². The molecule has 1 aliphatic heterocycles. The summed E-state index contributed by atoms with van der Waals surface area (Å²) in [6.45, 7) is 2.86. The van der Waals surface area contributed by atoms with Gasteiger partial charge in [0.15, 0.2) is 11.6 Å². The normalized spacial score (nSPS) is 17.8. The first-order chi connectivity index (χ1) is 11.9. The molecule has 1 aromatic heterocycles. The molecule has 134 valence electrons. The molecule has 0 N–H and O–H groups in total. The standard InChI is InChI=1S/C16H18F2N4O3/c1-3-13-15(22(23)24)16(20(2)19-13)21-6-7-25-14(9-21)10-4-5-11(17)12(18)8-10/h4-5,8,14H,3,6-7,9H2,1-2H3. The van der Waals surface area contributed by atoms with Crippen LogP contribution >= 0.6 is 0 Å². The lowest BCUT2D eigenvalue weighted by Gasteiger charge is -2.33. The van der Waals surface area contributed by atoms with Crippen molar-refractivity contribution >= 4 is 11.5 Å². The molecule has 1 unspecified atom stereocenters. The molecule has 0 amide bonds. The van der Waals surface area contributed by atoms with Crippen LogP contribution in [0.5, 0.6) is 0 Å². The van der Waals surface area contributed by atoms with E-state index in [1.165, 1.54) is 10.7 Å². The van der Waals surface area contributed by atoms with E-state index in [4.69, 9.17) is 4.74 Å². The van der Waals surface area contributed by atoms with E-state index in [0.717, 1.165) is 12.1 Å². The number of morpholine rings is 1. The molecule has 7 nitrogen and oxygen atoms in total. The number of nitrogens with zero attached hydrogens (tertiary/aromatic N) is 4. The monoisotopic (exact) mass is 352 g/mol. The van der Waals surface area contributed by atoms with Crippen molar-refractivity contribution in [1.82, 2.24) is 9.78 Å². The van der Waals surface area contributed by atoms with Crippen molar-refractivity contribution < 1.29 is 18.4 Å². The summed E-state index contributed by atoms with van der Waals surface area (Å²) in [6, 6.07) is 3.61. The minimum absolute atomic E-state index is 0.0177. The van der Waals surface area contributed by atoms with Gasteiger partial charge < -0.3 is 9.64 Å². The van der Waals surface area contributed by atoms with Gasteiger partial charge in [-0.3, -0.25) is 10.1 Å². The van der Waals surface area contributed by atoms with Crippen LogP contribution in [0.2, 0.25) is 0 Å². The van der Waals surface area contributed by atoms with Crippen LogP contribution in [0, 0.1) is 21.7 Å². The van der Waals surface area contributed by atoms with Gasteiger partial charge in [-0.25, -0.2) is 13.5 Å². The molecule has 1 saturated heterocycles. The van der Waals surface area contributed by atoms with Gasteiger partial charge in [0.05, 0.1) is 18.1 Å². The summed E-state index contributed by atoms with van der Waals surface area (Å²) in [5.41, 5.74) is 0.887. The van der Waals surface area contributed by atoms with E-state index in [-0.39, 0.29) is 12.2 Å². The van der Waals surface area contributed by atoms with E-state index >= 15 is 0 Å². The van der Waals surface area contributed by atoms with Gasteiger partial charge in [-0.15, -0.1) is 0 Å². The van der Waals surface area contributed by atoms with Crippen LogP contribution in [0.15, 0.2) is 18.2 Å². The first kappa shape index (κ1) is 17.3. The first-order valence-corrected chi connectivity index (χ1v) is 7.94. The lowest BCUT2D eigenvalue weighted by molar-refractivity contribution is -0.384. The minimum Gasteiger partial charge on any atom is -0.370 e. The highest BCUT2D eigenvalue weighted by Gasteiger charge is 2.33.